The molecule has 24 heavy (non-hydrogen) atoms. The third-order valence-corrected chi connectivity index (χ3v) is 3.99. The Bertz CT molecular complexity index is 732. The molecule has 0 radical (unpaired) electrons. The molecule has 0 spiro atoms. The van der Waals surface area contributed by atoms with Gasteiger partial charge in [-0.2, -0.15) is 0 Å². The first kappa shape index (κ1) is 17.8. The van der Waals surface area contributed by atoms with Gasteiger partial charge in [0.2, 0.25) is 0 Å². The smallest absolute Gasteiger partial charge is 0.321 e. The van der Waals surface area contributed by atoms with Crippen molar-refractivity contribution >= 4 is 5.97 Å². The van der Waals surface area contributed by atoms with Crippen LogP contribution in [0.25, 0.3) is 0 Å². The van der Waals surface area contributed by atoms with Gasteiger partial charge in [-0.25, -0.2) is 0 Å². The van der Waals surface area contributed by atoms with Crippen LogP contribution in [-0.2, 0) is 11.2 Å². The second kappa shape index (κ2) is 7.36. The fourth-order valence-electron chi connectivity index (χ4n) is 2.68. The molecule has 0 aliphatic carbocycles. The van der Waals surface area contributed by atoms with Crippen LogP contribution >= 0.6 is 0 Å². The van der Waals surface area contributed by atoms with Gasteiger partial charge in [-0.1, -0.05) is 12.1 Å². The number of hydrogen-bond acceptors (Lipinski definition) is 4. The Balaban J connectivity index is 2.26. The van der Waals surface area contributed by atoms with E-state index in [1.165, 1.54) is 0 Å². The van der Waals surface area contributed by atoms with E-state index in [9.17, 15) is 9.90 Å². The number of hydrogen-bond donors (Lipinski definition) is 3. The Kier molecular flexibility index (Phi) is 5.46. The van der Waals surface area contributed by atoms with Crippen LogP contribution in [0.4, 0.5) is 0 Å². The summed E-state index contributed by atoms with van der Waals surface area (Å²) in [5, 5.41) is 21.6. The molecule has 3 N–H and O–H groups in total. The third-order valence-electron chi connectivity index (χ3n) is 3.99. The fraction of sp³-hybridized carbons (Fsp3) is 0.316. The van der Waals surface area contributed by atoms with Crippen LogP contribution in [0.15, 0.2) is 30.3 Å². The molecular weight excluding hydrogens is 306 g/mol. The van der Waals surface area contributed by atoms with E-state index < -0.39 is 12.0 Å². The number of likely N-dealkylation sites (N-methyl/N-ethyl adjacent to an activating group) is 1. The number of aromatic hydroxyl groups is 1. The Hall–Kier alpha value is -2.53. The van der Waals surface area contributed by atoms with Gasteiger partial charge in [-0.3, -0.25) is 4.79 Å². The average Bonchev–Trinajstić information content (AvgIpc) is 2.51. The number of ether oxygens (including phenoxy) is 1. The van der Waals surface area contributed by atoms with Crippen molar-refractivity contribution in [3.05, 3.63) is 52.6 Å². The summed E-state index contributed by atoms with van der Waals surface area (Å²) in [6, 6.07) is 8.38. The SMILES string of the molecule is CNC(Cc1cc(C)c(Oc2ccc(O)c(C)c2)c(C)c1)C(=O)O. The van der Waals surface area contributed by atoms with Gasteiger partial charge in [-0.05, 0) is 74.7 Å². The second-order valence-electron chi connectivity index (χ2n) is 5.99. The largest absolute Gasteiger partial charge is 0.508 e. The number of aryl methyl sites for hydroxylation is 3. The first-order chi connectivity index (χ1) is 11.3. The minimum atomic E-state index is -0.868. The number of phenols is 1. The summed E-state index contributed by atoms with van der Waals surface area (Å²) in [5.41, 5.74) is 3.57. The van der Waals surface area contributed by atoms with E-state index in [1.807, 2.05) is 32.9 Å². The van der Waals surface area contributed by atoms with E-state index >= 15 is 0 Å². The molecule has 0 aromatic heterocycles. The van der Waals surface area contributed by atoms with Crippen LogP contribution in [-0.4, -0.2) is 29.3 Å². The molecule has 2 aromatic rings. The molecular formula is C19H23NO4. The van der Waals surface area contributed by atoms with Gasteiger partial charge < -0.3 is 20.3 Å². The van der Waals surface area contributed by atoms with Crippen molar-refractivity contribution in [3.8, 4) is 17.2 Å². The zero-order valence-corrected chi connectivity index (χ0v) is 14.4. The zero-order chi connectivity index (χ0) is 17.9. The molecule has 0 aliphatic heterocycles. The lowest BCUT2D eigenvalue weighted by molar-refractivity contribution is -0.139. The van der Waals surface area contributed by atoms with Crippen LogP contribution in [0, 0.1) is 20.8 Å². The van der Waals surface area contributed by atoms with E-state index in [-0.39, 0.29) is 5.75 Å². The molecule has 128 valence electrons. The lowest BCUT2D eigenvalue weighted by atomic mass is 10.00. The molecule has 2 rings (SSSR count). The van der Waals surface area contributed by atoms with Crippen molar-refractivity contribution in [2.45, 2.75) is 33.2 Å². The minimum Gasteiger partial charge on any atom is -0.508 e. The monoisotopic (exact) mass is 329 g/mol. The molecule has 1 unspecified atom stereocenters. The number of phenolic OH excluding ortho intramolecular Hbond substituents is 1. The van der Waals surface area contributed by atoms with Gasteiger partial charge in [0.25, 0.3) is 0 Å². The number of aliphatic carboxylic acids is 1. The molecule has 1 atom stereocenters. The molecule has 5 heteroatoms. The lowest BCUT2D eigenvalue weighted by Crippen LogP contribution is -2.35. The highest BCUT2D eigenvalue weighted by Gasteiger charge is 2.17. The molecule has 0 fully saturated rings. The van der Waals surface area contributed by atoms with Crippen LogP contribution in [0.5, 0.6) is 17.2 Å². The standard InChI is InChI=1S/C19H23NO4/c1-11-9-15(5-6-17(11)21)24-18-12(2)7-14(8-13(18)3)10-16(20-4)19(22)23/h5-9,16,20-21H,10H2,1-4H3,(H,22,23). The minimum absolute atomic E-state index is 0.234. The molecule has 5 nitrogen and oxygen atoms in total. The predicted molar refractivity (Wildman–Crippen MR) is 93.0 cm³/mol. The van der Waals surface area contributed by atoms with Gasteiger partial charge in [0.15, 0.2) is 0 Å². The summed E-state index contributed by atoms with van der Waals surface area (Å²) in [5.74, 6) is 0.772. The topological polar surface area (TPSA) is 78.8 Å². The maximum atomic E-state index is 11.2. The molecule has 0 aliphatic rings. The molecule has 2 aromatic carbocycles. The zero-order valence-electron chi connectivity index (χ0n) is 14.4. The molecule has 0 amide bonds. The Morgan fingerprint density at radius 2 is 1.75 bits per heavy atom. The number of carboxylic acid groups (broad SMARTS) is 1. The van der Waals surface area contributed by atoms with E-state index in [2.05, 4.69) is 5.32 Å². The van der Waals surface area contributed by atoms with E-state index in [0.29, 0.717) is 12.2 Å². The third kappa shape index (κ3) is 4.06. The highest BCUT2D eigenvalue weighted by Crippen LogP contribution is 2.32. The lowest BCUT2D eigenvalue weighted by Gasteiger charge is -2.16. The number of rotatable bonds is 6. The summed E-state index contributed by atoms with van der Waals surface area (Å²) in [6.45, 7) is 5.69. The van der Waals surface area contributed by atoms with Crippen molar-refractivity contribution in [2.75, 3.05) is 7.05 Å². The summed E-state index contributed by atoms with van der Waals surface area (Å²) in [4.78, 5) is 11.2. The van der Waals surface area contributed by atoms with Crippen molar-refractivity contribution in [1.29, 1.82) is 0 Å². The molecule has 0 heterocycles. The van der Waals surface area contributed by atoms with Gasteiger partial charge in [0.05, 0.1) is 0 Å². The maximum absolute atomic E-state index is 11.2. The van der Waals surface area contributed by atoms with Crippen molar-refractivity contribution in [1.82, 2.24) is 5.32 Å². The van der Waals surface area contributed by atoms with Crippen LogP contribution in [0.2, 0.25) is 0 Å². The first-order valence-electron chi connectivity index (χ1n) is 7.79. The van der Waals surface area contributed by atoms with Gasteiger partial charge in [0.1, 0.15) is 23.3 Å². The van der Waals surface area contributed by atoms with Crippen LogP contribution in [0.1, 0.15) is 22.3 Å². The fourth-order valence-corrected chi connectivity index (χ4v) is 2.68. The quantitative estimate of drug-likeness (QED) is 0.757. The second-order valence-corrected chi connectivity index (χ2v) is 5.99. The average molecular weight is 329 g/mol. The van der Waals surface area contributed by atoms with Crippen molar-refractivity contribution in [2.24, 2.45) is 0 Å². The summed E-state index contributed by atoms with van der Waals surface area (Å²) >= 11 is 0. The summed E-state index contributed by atoms with van der Waals surface area (Å²) < 4.78 is 5.97. The van der Waals surface area contributed by atoms with Gasteiger partial charge in [0, 0.05) is 0 Å². The molecule has 0 bridgehead atoms. The molecule has 0 saturated carbocycles. The number of nitrogens with one attached hydrogen (secondary N) is 1. The normalized spacial score (nSPS) is 12.0. The Morgan fingerprint density at radius 3 is 2.25 bits per heavy atom. The Morgan fingerprint density at radius 1 is 1.12 bits per heavy atom. The molecule has 0 saturated heterocycles. The summed E-state index contributed by atoms with van der Waals surface area (Å²) in [6.07, 6.45) is 0.409. The highest BCUT2D eigenvalue weighted by molar-refractivity contribution is 5.74. The highest BCUT2D eigenvalue weighted by atomic mass is 16.5. The van der Waals surface area contributed by atoms with Gasteiger partial charge >= 0.3 is 5.97 Å². The van der Waals surface area contributed by atoms with E-state index in [4.69, 9.17) is 9.84 Å². The first-order valence-corrected chi connectivity index (χ1v) is 7.79. The van der Waals surface area contributed by atoms with Crippen molar-refractivity contribution < 1.29 is 19.7 Å². The number of carboxylic acids is 1. The summed E-state index contributed by atoms with van der Waals surface area (Å²) in [7, 11) is 1.64. The van der Waals surface area contributed by atoms with Gasteiger partial charge in [-0.15, -0.1) is 0 Å². The predicted octanol–water partition coefficient (Wildman–Crippen LogP) is 3.32. The number of carbonyl (C=O) groups is 1. The van der Waals surface area contributed by atoms with Crippen molar-refractivity contribution in [3.63, 3.8) is 0 Å². The van der Waals surface area contributed by atoms with E-state index in [1.54, 1.807) is 25.2 Å². The van der Waals surface area contributed by atoms with E-state index in [0.717, 1.165) is 28.0 Å². The maximum Gasteiger partial charge on any atom is 0.321 e. The van der Waals surface area contributed by atoms with Crippen LogP contribution < -0.4 is 10.1 Å². The number of benzene rings is 2. The Labute approximate surface area is 141 Å². The van der Waals surface area contributed by atoms with Crippen LogP contribution in [0.3, 0.4) is 0 Å².